The molecule has 1 amide bonds. The Morgan fingerprint density at radius 2 is 2.00 bits per heavy atom. The minimum absolute atomic E-state index is 0.130. The fourth-order valence-corrected chi connectivity index (χ4v) is 2.32. The Morgan fingerprint density at radius 3 is 2.47 bits per heavy atom. The molecule has 0 aromatic rings. The lowest BCUT2D eigenvalue weighted by Crippen LogP contribution is -2.48. The summed E-state index contributed by atoms with van der Waals surface area (Å²) in [5.74, 6) is 2.65. The number of terminal acetylenes is 1. The van der Waals surface area contributed by atoms with Crippen molar-refractivity contribution in [2.45, 2.75) is 70.4 Å². The summed E-state index contributed by atoms with van der Waals surface area (Å²) < 4.78 is 5.30. The highest BCUT2D eigenvalue weighted by Crippen LogP contribution is 2.33. The molecule has 0 saturated heterocycles. The van der Waals surface area contributed by atoms with Crippen LogP contribution in [-0.2, 0) is 4.74 Å². The molecule has 3 heteroatoms. The summed E-state index contributed by atoms with van der Waals surface area (Å²) in [4.78, 5) is 11.8. The molecular formula is C14H23NO2. The van der Waals surface area contributed by atoms with Gasteiger partial charge in [-0.1, -0.05) is 12.8 Å². The second kappa shape index (κ2) is 5.44. The third-order valence-corrected chi connectivity index (χ3v) is 3.07. The molecule has 0 aliphatic heterocycles. The highest BCUT2D eigenvalue weighted by molar-refractivity contribution is 5.68. The first-order chi connectivity index (χ1) is 7.87. The summed E-state index contributed by atoms with van der Waals surface area (Å²) in [5, 5.41) is 3.03. The zero-order chi connectivity index (χ0) is 12.9. The van der Waals surface area contributed by atoms with E-state index in [9.17, 15) is 4.79 Å². The first-order valence-corrected chi connectivity index (χ1v) is 6.32. The van der Waals surface area contributed by atoms with E-state index in [-0.39, 0.29) is 11.6 Å². The molecule has 1 aliphatic rings. The van der Waals surface area contributed by atoms with E-state index in [2.05, 4.69) is 11.2 Å². The standard InChI is InChI=1S/C14H23NO2/c1-5-6-9-14(10-7-8-11-14)15-12(16)17-13(2,3)4/h1H,6-11H2,2-4H3,(H,15,16). The number of hydrogen-bond donors (Lipinski definition) is 1. The molecule has 1 aliphatic carbocycles. The van der Waals surface area contributed by atoms with Crippen molar-refractivity contribution >= 4 is 6.09 Å². The number of hydrogen-bond acceptors (Lipinski definition) is 2. The Hall–Kier alpha value is -1.17. The molecule has 0 atom stereocenters. The van der Waals surface area contributed by atoms with Crippen LogP contribution in [0, 0.1) is 12.3 Å². The van der Waals surface area contributed by atoms with Crippen molar-refractivity contribution in [1.29, 1.82) is 0 Å². The van der Waals surface area contributed by atoms with Gasteiger partial charge in [-0.05, 0) is 40.0 Å². The second-order valence-electron chi connectivity index (χ2n) is 5.82. The van der Waals surface area contributed by atoms with Gasteiger partial charge < -0.3 is 10.1 Å². The Kier molecular flexibility index (Phi) is 4.45. The molecule has 17 heavy (non-hydrogen) atoms. The summed E-state index contributed by atoms with van der Waals surface area (Å²) >= 11 is 0. The highest BCUT2D eigenvalue weighted by atomic mass is 16.6. The number of amides is 1. The SMILES string of the molecule is C#CCCC1(NC(=O)OC(C)(C)C)CCCC1. The summed E-state index contributed by atoms with van der Waals surface area (Å²) in [6.07, 6.45) is 10.9. The zero-order valence-corrected chi connectivity index (χ0v) is 11.1. The first-order valence-electron chi connectivity index (χ1n) is 6.32. The molecule has 1 N–H and O–H groups in total. The zero-order valence-electron chi connectivity index (χ0n) is 11.1. The van der Waals surface area contributed by atoms with E-state index >= 15 is 0 Å². The van der Waals surface area contributed by atoms with Crippen LogP contribution in [-0.4, -0.2) is 17.2 Å². The van der Waals surface area contributed by atoms with Gasteiger partial charge >= 0.3 is 6.09 Å². The maximum atomic E-state index is 11.8. The smallest absolute Gasteiger partial charge is 0.408 e. The van der Waals surface area contributed by atoms with Gasteiger partial charge in [-0.3, -0.25) is 0 Å². The van der Waals surface area contributed by atoms with Crippen LogP contribution in [0.25, 0.3) is 0 Å². The van der Waals surface area contributed by atoms with Crippen LogP contribution in [0.2, 0.25) is 0 Å². The summed E-state index contributed by atoms with van der Waals surface area (Å²) in [7, 11) is 0. The van der Waals surface area contributed by atoms with Crippen LogP contribution in [0.1, 0.15) is 59.3 Å². The summed E-state index contributed by atoms with van der Waals surface area (Å²) in [6.45, 7) is 5.61. The van der Waals surface area contributed by atoms with E-state index in [0.717, 1.165) is 32.1 Å². The molecule has 0 spiro atoms. The van der Waals surface area contributed by atoms with E-state index in [1.54, 1.807) is 0 Å². The van der Waals surface area contributed by atoms with Gasteiger partial charge in [0.05, 0.1) is 0 Å². The van der Waals surface area contributed by atoms with Crippen LogP contribution in [0.4, 0.5) is 4.79 Å². The fourth-order valence-electron chi connectivity index (χ4n) is 2.32. The highest BCUT2D eigenvalue weighted by Gasteiger charge is 2.35. The first kappa shape index (κ1) is 13.9. The van der Waals surface area contributed by atoms with Crippen LogP contribution in [0.5, 0.6) is 0 Å². The molecule has 0 radical (unpaired) electrons. The Labute approximate surface area is 104 Å². The maximum absolute atomic E-state index is 11.8. The largest absolute Gasteiger partial charge is 0.444 e. The van der Waals surface area contributed by atoms with Crippen molar-refractivity contribution < 1.29 is 9.53 Å². The van der Waals surface area contributed by atoms with Gasteiger partial charge in [-0.15, -0.1) is 12.3 Å². The van der Waals surface area contributed by atoms with Crippen LogP contribution < -0.4 is 5.32 Å². The molecule has 1 saturated carbocycles. The topological polar surface area (TPSA) is 38.3 Å². The van der Waals surface area contributed by atoms with Gasteiger partial charge in [0, 0.05) is 12.0 Å². The van der Waals surface area contributed by atoms with E-state index in [1.165, 1.54) is 0 Å². The summed E-state index contributed by atoms with van der Waals surface area (Å²) in [5.41, 5.74) is -0.579. The van der Waals surface area contributed by atoms with Gasteiger partial charge in [0.1, 0.15) is 5.60 Å². The Balaban J connectivity index is 2.55. The van der Waals surface area contributed by atoms with Gasteiger partial charge in [-0.25, -0.2) is 4.79 Å². The van der Waals surface area contributed by atoms with E-state index < -0.39 is 5.60 Å². The minimum atomic E-state index is -0.448. The number of nitrogens with one attached hydrogen (secondary N) is 1. The van der Waals surface area contributed by atoms with Crippen LogP contribution in [0.3, 0.4) is 0 Å². The van der Waals surface area contributed by atoms with E-state index in [1.807, 2.05) is 20.8 Å². The number of alkyl carbamates (subject to hydrolysis) is 1. The Morgan fingerprint density at radius 1 is 1.41 bits per heavy atom. The van der Waals surface area contributed by atoms with Crippen molar-refractivity contribution in [2.24, 2.45) is 0 Å². The lowest BCUT2D eigenvalue weighted by Gasteiger charge is -2.31. The molecule has 3 nitrogen and oxygen atoms in total. The van der Waals surface area contributed by atoms with Crippen LogP contribution >= 0.6 is 0 Å². The normalized spacial score (nSPS) is 18.5. The lowest BCUT2D eigenvalue weighted by molar-refractivity contribution is 0.0451. The predicted octanol–water partition coefficient (Wildman–Crippen LogP) is 3.24. The average Bonchev–Trinajstić information content (AvgIpc) is 2.60. The van der Waals surface area contributed by atoms with Crippen molar-refractivity contribution in [3.63, 3.8) is 0 Å². The minimum Gasteiger partial charge on any atom is -0.444 e. The molecule has 1 fully saturated rings. The molecular weight excluding hydrogens is 214 g/mol. The number of rotatable bonds is 3. The predicted molar refractivity (Wildman–Crippen MR) is 68.6 cm³/mol. The average molecular weight is 237 g/mol. The monoisotopic (exact) mass is 237 g/mol. The third kappa shape index (κ3) is 4.68. The molecule has 96 valence electrons. The molecule has 0 bridgehead atoms. The van der Waals surface area contributed by atoms with Crippen molar-refractivity contribution in [3.05, 3.63) is 0 Å². The Bertz CT molecular complexity index is 303. The van der Waals surface area contributed by atoms with Gasteiger partial charge in [0.15, 0.2) is 0 Å². The third-order valence-electron chi connectivity index (χ3n) is 3.07. The van der Waals surface area contributed by atoms with Crippen molar-refractivity contribution in [1.82, 2.24) is 5.32 Å². The molecule has 0 aromatic heterocycles. The molecule has 1 rings (SSSR count). The van der Waals surface area contributed by atoms with Gasteiger partial charge in [0.25, 0.3) is 0 Å². The molecule has 0 aromatic carbocycles. The van der Waals surface area contributed by atoms with Crippen molar-refractivity contribution in [2.75, 3.05) is 0 Å². The fraction of sp³-hybridized carbons (Fsp3) is 0.786. The molecule has 0 heterocycles. The number of carbonyl (C=O) groups is 1. The van der Waals surface area contributed by atoms with E-state index in [0.29, 0.717) is 6.42 Å². The summed E-state index contributed by atoms with van der Waals surface area (Å²) in [6, 6.07) is 0. The van der Waals surface area contributed by atoms with Gasteiger partial charge in [-0.2, -0.15) is 0 Å². The quantitative estimate of drug-likeness (QED) is 0.765. The number of ether oxygens (including phenoxy) is 1. The van der Waals surface area contributed by atoms with Gasteiger partial charge in [0.2, 0.25) is 0 Å². The van der Waals surface area contributed by atoms with E-state index in [4.69, 9.17) is 11.2 Å². The molecule has 0 unspecified atom stereocenters. The van der Waals surface area contributed by atoms with Crippen LogP contribution in [0.15, 0.2) is 0 Å². The second-order valence-corrected chi connectivity index (χ2v) is 5.82. The number of carbonyl (C=O) groups excluding carboxylic acids is 1. The maximum Gasteiger partial charge on any atom is 0.408 e. The lowest BCUT2D eigenvalue weighted by atomic mass is 9.92. The van der Waals surface area contributed by atoms with Crippen molar-refractivity contribution in [3.8, 4) is 12.3 Å².